The van der Waals surface area contributed by atoms with Crippen molar-refractivity contribution in [2.45, 2.75) is 0 Å². The van der Waals surface area contributed by atoms with Gasteiger partial charge in [-0.2, -0.15) is 0 Å². The number of hydrogen-bond donors (Lipinski definition) is 2. The molecule has 2 heterocycles. The van der Waals surface area contributed by atoms with E-state index >= 15 is 0 Å². The Bertz CT molecular complexity index is 1090. The molecule has 3 aromatic rings. The Morgan fingerprint density at radius 1 is 0.966 bits per heavy atom. The SMILES string of the molecule is O=C1N/C(=N\NC(=O)c2ccncc2)S/C1=C/c1ccc(-c2ccccc2)cc1. The van der Waals surface area contributed by atoms with Crippen molar-refractivity contribution >= 4 is 34.8 Å². The maximum absolute atomic E-state index is 12.2. The van der Waals surface area contributed by atoms with Gasteiger partial charge in [0.15, 0.2) is 5.17 Å². The maximum atomic E-state index is 12.2. The summed E-state index contributed by atoms with van der Waals surface area (Å²) in [5, 5.41) is 6.95. The summed E-state index contributed by atoms with van der Waals surface area (Å²) in [5.74, 6) is -0.622. The van der Waals surface area contributed by atoms with E-state index < -0.39 is 0 Å². The van der Waals surface area contributed by atoms with E-state index in [1.807, 2.05) is 42.5 Å². The van der Waals surface area contributed by atoms with Crippen LogP contribution in [-0.2, 0) is 4.79 Å². The summed E-state index contributed by atoms with van der Waals surface area (Å²) in [6.45, 7) is 0. The van der Waals surface area contributed by atoms with Gasteiger partial charge in [0.25, 0.3) is 11.8 Å². The highest BCUT2D eigenvalue weighted by atomic mass is 32.2. The zero-order valence-electron chi connectivity index (χ0n) is 15.2. The second kappa shape index (κ2) is 8.53. The van der Waals surface area contributed by atoms with E-state index in [0.717, 1.165) is 16.7 Å². The van der Waals surface area contributed by atoms with Crippen molar-refractivity contribution in [1.82, 2.24) is 15.7 Å². The predicted molar refractivity (Wildman–Crippen MR) is 115 cm³/mol. The van der Waals surface area contributed by atoms with E-state index in [-0.39, 0.29) is 11.8 Å². The van der Waals surface area contributed by atoms with E-state index in [4.69, 9.17) is 0 Å². The van der Waals surface area contributed by atoms with E-state index in [1.54, 1.807) is 18.2 Å². The number of hydrogen-bond acceptors (Lipinski definition) is 5. The van der Waals surface area contributed by atoms with Crippen LogP contribution in [0.1, 0.15) is 15.9 Å². The highest BCUT2D eigenvalue weighted by Gasteiger charge is 2.24. The third-order valence-corrected chi connectivity index (χ3v) is 5.08. The van der Waals surface area contributed by atoms with Crippen molar-refractivity contribution in [2.24, 2.45) is 5.10 Å². The number of rotatable bonds is 4. The number of amidine groups is 1. The summed E-state index contributed by atoms with van der Waals surface area (Å²) in [6.07, 6.45) is 4.85. The Morgan fingerprint density at radius 3 is 2.38 bits per heavy atom. The minimum absolute atomic E-state index is 0.251. The molecular formula is C22H16N4O2S. The monoisotopic (exact) mass is 400 g/mol. The second-order valence-electron chi connectivity index (χ2n) is 6.15. The molecule has 7 heteroatoms. The fraction of sp³-hybridized carbons (Fsp3) is 0. The number of carbonyl (C=O) groups excluding carboxylic acids is 2. The minimum atomic E-state index is -0.372. The van der Waals surface area contributed by atoms with Crippen LogP contribution in [-0.4, -0.2) is 22.0 Å². The zero-order chi connectivity index (χ0) is 20.1. The van der Waals surface area contributed by atoms with Gasteiger partial charge < -0.3 is 0 Å². The molecule has 1 aromatic heterocycles. The van der Waals surface area contributed by atoms with Crippen molar-refractivity contribution in [3.8, 4) is 11.1 Å². The number of thioether (sulfide) groups is 1. The molecule has 4 rings (SSSR count). The highest BCUT2D eigenvalue weighted by Crippen LogP contribution is 2.27. The first-order chi connectivity index (χ1) is 14.2. The number of pyridine rings is 1. The molecule has 29 heavy (non-hydrogen) atoms. The summed E-state index contributed by atoms with van der Waals surface area (Å²) in [5.41, 5.74) is 6.02. The number of amides is 2. The molecule has 2 amide bonds. The summed E-state index contributed by atoms with van der Waals surface area (Å²) in [7, 11) is 0. The summed E-state index contributed by atoms with van der Waals surface area (Å²) in [4.78, 5) is 28.6. The molecule has 1 aliphatic rings. The van der Waals surface area contributed by atoms with Crippen molar-refractivity contribution in [1.29, 1.82) is 0 Å². The summed E-state index contributed by atoms with van der Waals surface area (Å²) in [6, 6.07) is 21.2. The molecule has 0 unspecified atom stereocenters. The predicted octanol–water partition coefficient (Wildman–Crippen LogP) is 3.65. The Kier molecular flexibility index (Phi) is 5.49. The van der Waals surface area contributed by atoms with Crippen molar-refractivity contribution in [3.63, 3.8) is 0 Å². The van der Waals surface area contributed by atoms with Crippen LogP contribution in [0.5, 0.6) is 0 Å². The molecule has 0 spiro atoms. The molecule has 142 valence electrons. The van der Waals surface area contributed by atoms with Crippen LogP contribution in [0, 0.1) is 0 Å². The molecule has 0 radical (unpaired) electrons. The number of aromatic nitrogens is 1. The fourth-order valence-electron chi connectivity index (χ4n) is 2.70. The molecule has 1 aliphatic heterocycles. The molecular weight excluding hydrogens is 384 g/mol. The van der Waals surface area contributed by atoms with Crippen molar-refractivity contribution in [3.05, 3.63) is 95.2 Å². The van der Waals surface area contributed by atoms with Gasteiger partial charge in [-0.15, -0.1) is 5.10 Å². The molecule has 1 saturated heterocycles. The Morgan fingerprint density at radius 2 is 1.66 bits per heavy atom. The van der Waals surface area contributed by atoms with Crippen molar-refractivity contribution in [2.75, 3.05) is 0 Å². The van der Waals surface area contributed by atoms with Gasteiger partial charge in [0.2, 0.25) is 0 Å². The van der Waals surface area contributed by atoms with Crippen LogP contribution >= 0.6 is 11.8 Å². The van der Waals surface area contributed by atoms with Crippen LogP contribution < -0.4 is 10.7 Å². The molecule has 0 atom stereocenters. The van der Waals surface area contributed by atoms with Crippen LogP contribution in [0.2, 0.25) is 0 Å². The lowest BCUT2D eigenvalue weighted by molar-refractivity contribution is -0.115. The zero-order valence-corrected chi connectivity index (χ0v) is 16.0. The van der Waals surface area contributed by atoms with E-state index in [1.165, 1.54) is 24.2 Å². The van der Waals surface area contributed by atoms with Gasteiger partial charge in [0.1, 0.15) is 0 Å². The highest BCUT2D eigenvalue weighted by molar-refractivity contribution is 8.18. The number of nitrogens with zero attached hydrogens (tertiary/aromatic N) is 2. The quantitative estimate of drug-likeness (QED) is 0.517. The lowest BCUT2D eigenvalue weighted by Crippen LogP contribution is -2.25. The maximum Gasteiger partial charge on any atom is 0.271 e. The normalized spacial score (nSPS) is 16.1. The van der Waals surface area contributed by atoms with Gasteiger partial charge in [-0.05, 0) is 46.7 Å². The fourth-order valence-corrected chi connectivity index (χ4v) is 3.49. The molecule has 0 bridgehead atoms. The van der Waals surface area contributed by atoms with Gasteiger partial charge in [-0.3, -0.25) is 19.9 Å². The molecule has 1 fully saturated rings. The summed E-state index contributed by atoms with van der Waals surface area (Å²) < 4.78 is 0. The Hall–Kier alpha value is -3.71. The van der Waals surface area contributed by atoms with Gasteiger partial charge in [0, 0.05) is 18.0 Å². The largest absolute Gasteiger partial charge is 0.299 e. The average molecular weight is 400 g/mol. The Balaban J connectivity index is 1.43. The third kappa shape index (κ3) is 4.59. The number of nitrogens with one attached hydrogen (secondary N) is 2. The first-order valence-electron chi connectivity index (χ1n) is 8.83. The molecule has 2 aromatic carbocycles. The first-order valence-corrected chi connectivity index (χ1v) is 9.65. The average Bonchev–Trinajstić information content (AvgIpc) is 3.13. The number of carbonyl (C=O) groups is 2. The molecule has 6 nitrogen and oxygen atoms in total. The standard InChI is InChI=1S/C22H16N4O2S/c27-20(18-10-12-23-13-11-18)25-26-22-24-21(28)19(29-22)14-15-6-8-17(9-7-15)16-4-2-1-3-5-16/h1-14H,(H,25,27)(H,24,26,28)/b19-14+. The molecule has 0 aliphatic carbocycles. The number of benzene rings is 2. The van der Waals surface area contributed by atoms with Crippen LogP contribution in [0.15, 0.2) is 89.1 Å². The van der Waals surface area contributed by atoms with Crippen LogP contribution in [0.25, 0.3) is 17.2 Å². The summed E-state index contributed by atoms with van der Waals surface area (Å²) >= 11 is 1.17. The van der Waals surface area contributed by atoms with Crippen LogP contribution in [0.4, 0.5) is 0 Å². The van der Waals surface area contributed by atoms with E-state index in [0.29, 0.717) is 15.6 Å². The minimum Gasteiger partial charge on any atom is -0.299 e. The molecule has 2 N–H and O–H groups in total. The third-order valence-electron chi connectivity index (χ3n) is 4.17. The van der Waals surface area contributed by atoms with E-state index in [2.05, 4.69) is 33.0 Å². The topological polar surface area (TPSA) is 83.5 Å². The van der Waals surface area contributed by atoms with Crippen molar-refractivity contribution < 1.29 is 9.59 Å². The lowest BCUT2D eigenvalue weighted by Gasteiger charge is -2.02. The second-order valence-corrected chi connectivity index (χ2v) is 7.18. The van der Waals surface area contributed by atoms with Gasteiger partial charge >= 0.3 is 0 Å². The van der Waals surface area contributed by atoms with Crippen LogP contribution in [0.3, 0.4) is 0 Å². The first kappa shape index (κ1) is 18.6. The Labute approximate surface area is 171 Å². The van der Waals surface area contributed by atoms with Gasteiger partial charge in [0.05, 0.1) is 4.91 Å². The van der Waals surface area contributed by atoms with Gasteiger partial charge in [-0.25, -0.2) is 5.43 Å². The lowest BCUT2D eigenvalue weighted by atomic mass is 10.0. The van der Waals surface area contributed by atoms with E-state index in [9.17, 15) is 9.59 Å². The number of hydrazone groups is 1. The smallest absolute Gasteiger partial charge is 0.271 e. The molecule has 0 saturated carbocycles. The van der Waals surface area contributed by atoms with Gasteiger partial charge in [-0.1, -0.05) is 54.6 Å².